The van der Waals surface area contributed by atoms with Crippen LogP contribution in [0, 0.1) is 21.7 Å². The molecule has 0 spiro atoms. The van der Waals surface area contributed by atoms with Gasteiger partial charge in [0.25, 0.3) is 0 Å². The molecule has 0 saturated heterocycles. The molecule has 0 saturated carbocycles. The van der Waals surface area contributed by atoms with Crippen molar-refractivity contribution in [3.05, 3.63) is 0 Å². The van der Waals surface area contributed by atoms with Crippen molar-refractivity contribution in [1.82, 2.24) is 0 Å². The number of hydrogen-bond acceptors (Lipinski definition) is 9. The van der Waals surface area contributed by atoms with E-state index in [9.17, 15) is 15.0 Å². The average Bonchev–Trinajstić information content (AvgIpc) is 2.98. The molecule has 10 heteroatoms. The summed E-state index contributed by atoms with van der Waals surface area (Å²) in [5.41, 5.74) is -4.96. The van der Waals surface area contributed by atoms with E-state index in [1.54, 1.807) is 0 Å². The highest BCUT2D eigenvalue weighted by atomic mass is 16.5. The summed E-state index contributed by atoms with van der Waals surface area (Å²) in [6.45, 7) is 8.61. The van der Waals surface area contributed by atoms with E-state index < -0.39 is 67.5 Å². The lowest BCUT2D eigenvalue weighted by Gasteiger charge is -2.48. The molecule has 0 aliphatic heterocycles. The number of carbonyl (C=O) groups is 1. The van der Waals surface area contributed by atoms with E-state index in [-0.39, 0.29) is 18.6 Å². The Morgan fingerprint density at radius 2 is 0.860 bits per heavy atom. The number of aliphatic carboxylic acids is 1. The van der Waals surface area contributed by atoms with Gasteiger partial charge in [-0.25, -0.2) is 4.79 Å². The molecule has 0 aliphatic rings. The van der Waals surface area contributed by atoms with Gasteiger partial charge in [0.05, 0.1) is 63.7 Å². The fourth-order valence-corrected chi connectivity index (χ4v) is 4.70. The SMILES string of the molecule is CCCCCCCCCCCCCCC(C)(C)C(C)(C)C(C)(O)C(=O)O.OCC(CO)(CO)COCC(CO)(CO)CO. The van der Waals surface area contributed by atoms with Crippen LogP contribution in [0.25, 0.3) is 0 Å². The van der Waals surface area contributed by atoms with Gasteiger partial charge in [0.2, 0.25) is 0 Å². The van der Waals surface area contributed by atoms with Crippen LogP contribution in [-0.2, 0) is 9.53 Å². The van der Waals surface area contributed by atoms with E-state index in [0.29, 0.717) is 0 Å². The second-order valence-corrected chi connectivity index (χ2v) is 14.0. The van der Waals surface area contributed by atoms with E-state index in [1.807, 2.05) is 13.8 Å². The highest BCUT2D eigenvalue weighted by molar-refractivity contribution is 5.77. The van der Waals surface area contributed by atoms with Gasteiger partial charge in [0.1, 0.15) is 0 Å². The lowest BCUT2D eigenvalue weighted by Crippen LogP contribution is -2.55. The Morgan fingerprint density at radius 1 is 0.558 bits per heavy atom. The van der Waals surface area contributed by atoms with Crippen LogP contribution >= 0.6 is 0 Å². The van der Waals surface area contributed by atoms with Crippen LogP contribution in [0.2, 0.25) is 0 Å². The first-order chi connectivity index (χ1) is 20.1. The molecule has 10 nitrogen and oxygen atoms in total. The number of aliphatic hydroxyl groups is 7. The third-order valence-corrected chi connectivity index (χ3v) is 9.81. The van der Waals surface area contributed by atoms with Crippen molar-refractivity contribution in [2.45, 2.75) is 131 Å². The zero-order valence-corrected chi connectivity index (χ0v) is 28.2. The molecule has 0 radical (unpaired) electrons. The number of aliphatic hydroxyl groups excluding tert-OH is 6. The zero-order valence-electron chi connectivity index (χ0n) is 28.2. The number of carboxylic acids is 1. The van der Waals surface area contributed by atoms with Crippen LogP contribution in [0.3, 0.4) is 0 Å². The van der Waals surface area contributed by atoms with Crippen LogP contribution in [0.4, 0.5) is 0 Å². The number of ether oxygens (including phenoxy) is 1. The van der Waals surface area contributed by atoms with Gasteiger partial charge in [-0.15, -0.1) is 0 Å². The molecule has 0 aliphatic carbocycles. The van der Waals surface area contributed by atoms with Gasteiger partial charge in [-0.05, 0) is 18.8 Å². The van der Waals surface area contributed by atoms with E-state index >= 15 is 0 Å². The maximum Gasteiger partial charge on any atom is 0.335 e. The van der Waals surface area contributed by atoms with Crippen LogP contribution in [0.15, 0.2) is 0 Å². The number of hydrogen-bond donors (Lipinski definition) is 8. The first kappa shape index (κ1) is 44.3. The smallest absolute Gasteiger partial charge is 0.335 e. The molecular weight excluding hydrogens is 556 g/mol. The fourth-order valence-electron chi connectivity index (χ4n) is 4.70. The lowest BCUT2D eigenvalue weighted by molar-refractivity contribution is -0.182. The quantitative estimate of drug-likeness (QED) is 0.0656. The third-order valence-electron chi connectivity index (χ3n) is 9.81. The Labute approximate surface area is 261 Å². The molecule has 0 aromatic rings. The Morgan fingerprint density at radius 3 is 1.14 bits per heavy atom. The normalized spacial score (nSPS) is 14.3. The minimum absolute atomic E-state index is 0.141. The first-order valence-electron chi connectivity index (χ1n) is 16.3. The van der Waals surface area contributed by atoms with Crippen molar-refractivity contribution in [2.75, 3.05) is 52.9 Å². The summed E-state index contributed by atoms with van der Waals surface area (Å²) in [6, 6.07) is 0. The zero-order chi connectivity index (χ0) is 33.6. The number of rotatable bonds is 26. The molecule has 0 amide bonds. The number of carboxylic acid groups (broad SMARTS) is 1. The Hall–Kier alpha value is -0.850. The predicted molar refractivity (Wildman–Crippen MR) is 170 cm³/mol. The van der Waals surface area contributed by atoms with Gasteiger partial charge in [-0.3, -0.25) is 0 Å². The van der Waals surface area contributed by atoms with E-state index in [1.165, 1.54) is 77.6 Å². The second kappa shape index (κ2) is 22.6. The summed E-state index contributed by atoms with van der Waals surface area (Å²) in [5, 5.41) is 74.0. The maximum atomic E-state index is 11.4. The fraction of sp³-hybridized carbons (Fsp3) is 0.970. The van der Waals surface area contributed by atoms with Gasteiger partial charge in [-0.1, -0.05) is 112 Å². The highest BCUT2D eigenvalue weighted by Crippen LogP contribution is 2.49. The second-order valence-electron chi connectivity index (χ2n) is 14.0. The Bertz CT molecular complexity index is 649. The molecule has 0 heterocycles. The van der Waals surface area contributed by atoms with Crippen molar-refractivity contribution in [3.8, 4) is 0 Å². The molecule has 0 aromatic carbocycles. The predicted octanol–water partition coefficient (Wildman–Crippen LogP) is 3.90. The van der Waals surface area contributed by atoms with Gasteiger partial charge in [-0.2, -0.15) is 0 Å². The minimum atomic E-state index is -1.71. The summed E-state index contributed by atoms with van der Waals surface area (Å²) < 4.78 is 5.15. The largest absolute Gasteiger partial charge is 0.479 e. The standard InChI is InChI=1S/C23H46O3.C10H22O7/c1-7-8-9-10-11-12-13-14-15-16-17-18-19-21(2,3)22(4,5)23(6,26)20(24)25;11-1-9(2-12,3-13)7-17-8-10(4-14,5-15)6-16/h26H,7-19H2,1-6H3,(H,24,25);11-16H,1-8H2. The summed E-state index contributed by atoms with van der Waals surface area (Å²) >= 11 is 0. The monoisotopic (exact) mass is 624 g/mol. The van der Waals surface area contributed by atoms with Gasteiger partial charge in [0, 0.05) is 5.41 Å². The van der Waals surface area contributed by atoms with Crippen molar-refractivity contribution in [3.63, 3.8) is 0 Å². The lowest BCUT2D eigenvalue weighted by atomic mass is 9.57. The van der Waals surface area contributed by atoms with Crippen LogP contribution < -0.4 is 0 Å². The number of unbranched alkanes of at least 4 members (excludes halogenated alkanes) is 11. The molecule has 0 fully saturated rings. The highest BCUT2D eigenvalue weighted by Gasteiger charge is 2.53. The summed E-state index contributed by atoms with van der Waals surface area (Å²) in [6.07, 6.45) is 16.8. The van der Waals surface area contributed by atoms with Crippen LogP contribution in [0.5, 0.6) is 0 Å². The van der Waals surface area contributed by atoms with E-state index in [4.69, 9.17) is 35.4 Å². The van der Waals surface area contributed by atoms with E-state index in [2.05, 4.69) is 20.8 Å². The minimum Gasteiger partial charge on any atom is -0.479 e. The molecule has 0 aromatic heterocycles. The summed E-state index contributed by atoms with van der Waals surface area (Å²) in [4.78, 5) is 11.4. The molecule has 1 unspecified atom stereocenters. The molecular formula is C33H68O10. The molecule has 8 N–H and O–H groups in total. The molecule has 43 heavy (non-hydrogen) atoms. The Kier molecular flexibility index (Phi) is 23.3. The van der Waals surface area contributed by atoms with E-state index in [0.717, 1.165) is 12.8 Å². The summed E-state index contributed by atoms with van der Waals surface area (Å²) in [5.74, 6) is -1.13. The van der Waals surface area contributed by atoms with Crippen molar-refractivity contribution in [2.24, 2.45) is 21.7 Å². The van der Waals surface area contributed by atoms with Crippen molar-refractivity contribution in [1.29, 1.82) is 0 Å². The van der Waals surface area contributed by atoms with Gasteiger partial charge in [0.15, 0.2) is 5.60 Å². The first-order valence-corrected chi connectivity index (χ1v) is 16.3. The van der Waals surface area contributed by atoms with Crippen molar-refractivity contribution >= 4 is 5.97 Å². The van der Waals surface area contributed by atoms with Crippen LogP contribution in [-0.4, -0.2) is 105 Å². The van der Waals surface area contributed by atoms with Gasteiger partial charge < -0.3 is 45.6 Å². The third kappa shape index (κ3) is 15.3. The van der Waals surface area contributed by atoms with Gasteiger partial charge >= 0.3 is 5.97 Å². The topological polar surface area (TPSA) is 188 Å². The summed E-state index contributed by atoms with van der Waals surface area (Å²) in [7, 11) is 0. The molecule has 0 rings (SSSR count). The molecule has 0 bridgehead atoms. The van der Waals surface area contributed by atoms with Crippen molar-refractivity contribution < 1.29 is 50.4 Å². The Balaban J connectivity index is 0. The van der Waals surface area contributed by atoms with Crippen LogP contribution in [0.1, 0.15) is 125 Å². The maximum absolute atomic E-state index is 11.4. The molecule has 260 valence electrons. The molecule has 1 atom stereocenters. The average molecular weight is 625 g/mol.